The van der Waals surface area contributed by atoms with Crippen LogP contribution < -0.4 is 5.32 Å². The molecule has 2 rings (SSSR count). The van der Waals surface area contributed by atoms with Crippen molar-refractivity contribution in [2.24, 2.45) is 5.92 Å². The van der Waals surface area contributed by atoms with Gasteiger partial charge >= 0.3 is 5.97 Å². The van der Waals surface area contributed by atoms with Gasteiger partial charge in [0, 0.05) is 6.54 Å². The molecule has 0 aliphatic carbocycles. The van der Waals surface area contributed by atoms with Crippen LogP contribution in [0.3, 0.4) is 0 Å². The summed E-state index contributed by atoms with van der Waals surface area (Å²) in [7, 11) is 0. The van der Waals surface area contributed by atoms with Gasteiger partial charge in [-0.3, -0.25) is 4.79 Å². The molecule has 5 heteroatoms. The van der Waals surface area contributed by atoms with Crippen LogP contribution in [0.5, 0.6) is 0 Å². The maximum atomic E-state index is 12.5. The van der Waals surface area contributed by atoms with E-state index in [1.54, 1.807) is 4.90 Å². The summed E-state index contributed by atoms with van der Waals surface area (Å²) in [6.07, 6.45) is 3.23. The zero-order chi connectivity index (χ0) is 13.3. The van der Waals surface area contributed by atoms with E-state index in [2.05, 4.69) is 5.32 Å². The van der Waals surface area contributed by atoms with Crippen LogP contribution >= 0.6 is 0 Å². The fourth-order valence-electron chi connectivity index (χ4n) is 3.01. The van der Waals surface area contributed by atoms with Gasteiger partial charge in [-0.25, -0.2) is 4.79 Å². The standard InChI is InChI=1S/C13H22N2O3/c1-9-4-7-15(10(8-9)11(16)17)12(18)13(2)5-3-6-14-13/h9-10,14H,3-8H2,1-2H3,(H,16,17). The van der Waals surface area contributed by atoms with Crippen molar-refractivity contribution in [2.45, 2.75) is 51.1 Å². The summed E-state index contributed by atoms with van der Waals surface area (Å²) in [4.78, 5) is 25.4. The number of amides is 1. The van der Waals surface area contributed by atoms with Gasteiger partial charge in [0.25, 0.3) is 0 Å². The Kier molecular flexibility index (Phi) is 3.61. The Morgan fingerprint density at radius 1 is 1.44 bits per heavy atom. The number of piperidine rings is 1. The molecule has 0 saturated carbocycles. The number of likely N-dealkylation sites (tertiary alicyclic amines) is 1. The van der Waals surface area contributed by atoms with Crippen LogP contribution in [-0.2, 0) is 9.59 Å². The number of nitrogens with zero attached hydrogens (tertiary/aromatic N) is 1. The first-order valence-corrected chi connectivity index (χ1v) is 6.73. The van der Waals surface area contributed by atoms with E-state index < -0.39 is 17.6 Å². The van der Waals surface area contributed by atoms with E-state index in [4.69, 9.17) is 0 Å². The molecule has 2 fully saturated rings. The Balaban J connectivity index is 2.14. The second-order valence-corrected chi connectivity index (χ2v) is 5.84. The van der Waals surface area contributed by atoms with Gasteiger partial charge in [0.1, 0.15) is 6.04 Å². The summed E-state index contributed by atoms with van der Waals surface area (Å²) in [5.74, 6) is -0.546. The number of carboxylic acid groups (broad SMARTS) is 1. The van der Waals surface area contributed by atoms with Crippen molar-refractivity contribution < 1.29 is 14.7 Å². The van der Waals surface area contributed by atoms with E-state index in [1.807, 2.05) is 13.8 Å². The third kappa shape index (κ3) is 2.36. The lowest BCUT2D eigenvalue weighted by molar-refractivity contribution is -0.155. The highest BCUT2D eigenvalue weighted by molar-refractivity contribution is 5.90. The third-order valence-electron chi connectivity index (χ3n) is 4.25. The highest BCUT2D eigenvalue weighted by Crippen LogP contribution is 2.28. The number of hydrogen-bond acceptors (Lipinski definition) is 3. The van der Waals surface area contributed by atoms with E-state index >= 15 is 0 Å². The molecule has 18 heavy (non-hydrogen) atoms. The predicted octanol–water partition coefficient (Wildman–Crippen LogP) is 0.840. The first-order chi connectivity index (χ1) is 8.44. The Morgan fingerprint density at radius 2 is 2.17 bits per heavy atom. The molecule has 102 valence electrons. The lowest BCUT2D eigenvalue weighted by Crippen LogP contribution is -2.59. The highest BCUT2D eigenvalue weighted by atomic mass is 16.4. The smallest absolute Gasteiger partial charge is 0.326 e. The van der Waals surface area contributed by atoms with Crippen LogP contribution in [0.15, 0.2) is 0 Å². The highest BCUT2D eigenvalue weighted by Gasteiger charge is 2.44. The van der Waals surface area contributed by atoms with Crippen molar-refractivity contribution in [3.8, 4) is 0 Å². The molecular formula is C13H22N2O3. The maximum Gasteiger partial charge on any atom is 0.326 e. The summed E-state index contributed by atoms with van der Waals surface area (Å²) < 4.78 is 0. The lowest BCUT2D eigenvalue weighted by Gasteiger charge is -2.40. The van der Waals surface area contributed by atoms with Gasteiger partial charge in [0.15, 0.2) is 0 Å². The second kappa shape index (κ2) is 4.88. The molecule has 0 bridgehead atoms. The van der Waals surface area contributed by atoms with Crippen LogP contribution in [0.4, 0.5) is 0 Å². The van der Waals surface area contributed by atoms with Gasteiger partial charge in [-0.2, -0.15) is 0 Å². The van der Waals surface area contributed by atoms with Crippen LogP contribution in [0, 0.1) is 5.92 Å². The van der Waals surface area contributed by atoms with Crippen molar-refractivity contribution in [2.75, 3.05) is 13.1 Å². The van der Waals surface area contributed by atoms with Crippen LogP contribution in [-0.4, -0.2) is 46.6 Å². The molecule has 2 saturated heterocycles. The second-order valence-electron chi connectivity index (χ2n) is 5.84. The average molecular weight is 254 g/mol. The number of aliphatic carboxylic acids is 1. The molecule has 3 atom stereocenters. The number of carboxylic acids is 1. The third-order valence-corrected chi connectivity index (χ3v) is 4.25. The maximum absolute atomic E-state index is 12.5. The molecule has 5 nitrogen and oxygen atoms in total. The normalized spacial score (nSPS) is 36.7. The van der Waals surface area contributed by atoms with Gasteiger partial charge in [-0.15, -0.1) is 0 Å². The first-order valence-electron chi connectivity index (χ1n) is 6.73. The van der Waals surface area contributed by atoms with Crippen molar-refractivity contribution in [3.63, 3.8) is 0 Å². The summed E-state index contributed by atoms with van der Waals surface area (Å²) in [6, 6.07) is -0.652. The fourth-order valence-corrected chi connectivity index (χ4v) is 3.01. The topological polar surface area (TPSA) is 69.6 Å². The molecule has 0 aromatic rings. The van der Waals surface area contributed by atoms with E-state index in [9.17, 15) is 14.7 Å². The summed E-state index contributed by atoms with van der Waals surface area (Å²) in [5, 5.41) is 12.5. The van der Waals surface area contributed by atoms with Crippen LogP contribution in [0.25, 0.3) is 0 Å². The first kappa shape index (κ1) is 13.3. The number of hydrogen-bond donors (Lipinski definition) is 2. The van der Waals surface area contributed by atoms with E-state index in [0.717, 1.165) is 25.8 Å². The van der Waals surface area contributed by atoms with Gasteiger partial charge in [0.05, 0.1) is 5.54 Å². The Hall–Kier alpha value is -1.10. The molecule has 2 aliphatic rings. The summed E-state index contributed by atoms with van der Waals surface area (Å²) >= 11 is 0. The molecule has 0 aromatic heterocycles. The average Bonchev–Trinajstić information content (AvgIpc) is 2.76. The molecule has 2 aliphatic heterocycles. The van der Waals surface area contributed by atoms with Gasteiger partial charge in [-0.1, -0.05) is 6.92 Å². The van der Waals surface area contributed by atoms with Crippen LogP contribution in [0.2, 0.25) is 0 Å². The number of carbonyl (C=O) groups excluding carboxylic acids is 1. The number of carbonyl (C=O) groups is 2. The van der Waals surface area contributed by atoms with Crippen molar-refractivity contribution in [1.29, 1.82) is 0 Å². The lowest BCUT2D eigenvalue weighted by atomic mass is 9.89. The Morgan fingerprint density at radius 3 is 2.72 bits per heavy atom. The monoisotopic (exact) mass is 254 g/mol. The van der Waals surface area contributed by atoms with Crippen molar-refractivity contribution in [1.82, 2.24) is 10.2 Å². The molecule has 0 radical (unpaired) electrons. The summed E-state index contributed by atoms with van der Waals surface area (Å²) in [6.45, 7) is 5.34. The molecule has 0 spiro atoms. The number of rotatable bonds is 2. The fraction of sp³-hybridized carbons (Fsp3) is 0.846. The molecule has 0 aromatic carbocycles. The van der Waals surface area contributed by atoms with Gasteiger partial charge < -0.3 is 15.3 Å². The predicted molar refractivity (Wildman–Crippen MR) is 67.2 cm³/mol. The Labute approximate surface area is 108 Å². The number of nitrogens with one attached hydrogen (secondary N) is 1. The minimum Gasteiger partial charge on any atom is -0.480 e. The molecular weight excluding hydrogens is 232 g/mol. The Bertz CT molecular complexity index is 350. The van der Waals surface area contributed by atoms with Crippen molar-refractivity contribution in [3.05, 3.63) is 0 Å². The minimum atomic E-state index is -0.878. The van der Waals surface area contributed by atoms with E-state index in [-0.39, 0.29) is 5.91 Å². The zero-order valence-electron chi connectivity index (χ0n) is 11.1. The minimum absolute atomic E-state index is 0.0423. The molecule has 2 N–H and O–H groups in total. The molecule has 1 amide bonds. The summed E-state index contributed by atoms with van der Waals surface area (Å²) in [5.41, 5.74) is -0.561. The largest absolute Gasteiger partial charge is 0.480 e. The van der Waals surface area contributed by atoms with E-state index in [1.165, 1.54) is 0 Å². The zero-order valence-corrected chi connectivity index (χ0v) is 11.1. The van der Waals surface area contributed by atoms with Crippen molar-refractivity contribution >= 4 is 11.9 Å². The van der Waals surface area contributed by atoms with Gasteiger partial charge in [-0.05, 0) is 45.1 Å². The van der Waals surface area contributed by atoms with Gasteiger partial charge in [0.2, 0.25) is 5.91 Å². The van der Waals surface area contributed by atoms with Crippen LogP contribution in [0.1, 0.15) is 39.5 Å². The SMILES string of the molecule is CC1CCN(C(=O)C2(C)CCCN2)C(C(=O)O)C1. The molecule has 3 unspecified atom stereocenters. The van der Waals surface area contributed by atoms with E-state index in [0.29, 0.717) is 18.9 Å². The molecule has 2 heterocycles. The quantitative estimate of drug-likeness (QED) is 0.766.